The first-order chi connectivity index (χ1) is 10.8. The van der Waals surface area contributed by atoms with Crippen molar-refractivity contribution in [3.05, 3.63) is 35.9 Å². The van der Waals surface area contributed by atoms with Crippen molar-refractivity contribution < 1.29 is 4.74 Å². The van der Waals surface area contributed by atoms with Gasteiger partial charge >= 0.3 is 0 Å². The second-order valence-corrected chi connectivity index (χ2v) is 5.90. The minimum Gasteiger partial charge on any atom is -0.382 e. The van der Waals surface area contributed by atoms with Crippen molar-refractivity contribution in [2.75, 3.05) is 33.4 Å². The minimum atomic E-state index is 0.313. The highest BCUT2D eigenvalue weighted by atomic mass is 16.5. The molecule has 0 aromatic heterocycles. The van der Waals surface area contributed by atoms with Gasteiger partial charge in [-0.25, -0.2) is 0 Å². The summed E-state index contributed by atoms with van der Waals surface area (Å²) >= 11 is 0. The lowest BCUT2D eigenvalue weighted by Gasteiger charge is -2.19. The van der Waals surface area contributed by atoms with Gasteiger partial charge in [0.1, 0.15) is 0 Å². The largest absolute Gasteiger partial charge is 0.382 e. The predicted octanol–water partition coefficient (Wildman–Crippen LogP) is 2.70. The molecule has 0 spiro atoms. The molecule has 1 fully saturated rings. The fourth-order valence-corrected chi connectivity index (χ4v) is 2.66. The molecule has 0 amide bonds. The highest BCUT2D eigenvalue weighted by Crippen LogP contribution is 2.47. The van der Waals surface area contributed by atoms with Crippen LogP contribution in [-0.2, 0) is 10.2 Å². The summed E-state index contributed by atoms with van der Waals surface area (Å²) < 4.78 is 5.34. The van der Waals surface area contributed by atoms with Gasteiger partial charge in [-0.3, -0.25) is 4.99 Å². The standard InChI is InChI=1S/C18H29N3O/c1-3-22-14-8-7-13-20-17(19-2)21-15-18(11-12-18)16-9-5-4-6-10-16/h4-6,9-10H,3,7-8,11-15H2,1-2H3,(H2,19,20,21). The van der Waals surface area contributed by atoms with Crippen LogP contribution in [0.1, 0.15) is 38.2 Å². The van der Waals surface area contributed by atoms with E-state index in [1.165, 1.54) is 18.4 Å². The van der Waals surface area contributed by atoms with Crippen LogP contribution in [0.15, 0.2) is 35.3 Å². The van der Waals surface area contributed by atoms with Gasteiger partial charge in [0, 0.05) is 38.8 Å². The third-order valence-electron chi connectivity index (χ3n) is 4.27. The van der Waals surface area contributed by atoms with Crippen LogP contribution in [0.4, 0.5) is 0 Å². The van der Waals surface area contributed by atoms with E-state index in [0.717, 1.165) is 45.1 Å². The summed E-state index contributed by atoms with van der Waals surface area (Å²) in [6.45, 7) is 5.57. The molecule has 4 nitrogen and oxygen atoms in total. The molecule has 1 aromatic carbocycles. The predicted molar refractivity (Wildman–Crippen MR) is 92.4 cm³/mol. The lowest BCUT2D eigenvalue weighted by Crippen LogP contribution is -2.41. The molecule has 0 radical (unpaired) electrons. The van der Waals surface area contributed by atoms with Crippen molar-refractivity contribution in [1.82, 2.24) is 10.6 Å². The van der Waals surface area contributed by atoms with Crippen molar-refractivity contribution in [3.63, 3.8) is 0 Å². The van der Waals surface area contributed by atoms with Crippen LogP contribution in [0.5, 0.6) is 0 Å². The van der Waals surface area contributed by atoms with Gasteiger partial charge < -0.3 is 15.4 Å². The van der Waals surface area contributed by atoms with E-state index in [1.54, 1.807) is 0 Å². The molecule has 1 aliphatic rings. The van der Waals surface area contributed by atoms with Crippen LogP contribution < -0.4 is 10.6 Å². The topological polar surface area (TPSA) is 45.6 Å². The SMILES string of the molecule is CCOCCCCNC(=NC)NCC1(c2ccccc2)CC1. The highest BCUT2D eigenvalue weighted by molar-refractivity contribution is 5.79. The second-order valence-electron chi connectivity index (χ2n) is 5.90. The third-order valence-corrected chi connectivity index (χ3v) is 4.27. The Morgan fingerprint density at radius 2 is 1.95 bits per heavy atom. The molecule has 0 saturated heterocycles. The van der Waals surface area contributed by atoms with Gasteiger partial charge in [0.15, 0.2) is 5.96 Å². The number of ether oxygens (including phenoxy) is 1. The zero-order valence-corrected chi connectivity index (χ0v) is 13.9. The number of benzene rings is 1. The molecule has 122 valence electrons. The number of aliphatic imine (C=N–C) groups is 1. The average molecular weight is 303 g/mol. The van der Waals surface area contributed by atoms with Crippen molar-refractivity contribution in [2.45, 2.75) is 38.0 Å². The first-order valence-electron chi connectivity index (χ1n) is 8.38. The first-order valence-corrected chi connectivity index (χ1v) is 8.38. The van der Waals surface area contributed by atoms with Crippen LogP contribution in [0.2, 0.25) is 0 Å². The number of guanidine groups is 1. The fraction of sp³-hybridized carbons (Fsp3) is 0.611. The molecule has 22 heavy (non-hydrogen) atoms. The van der Waals surface area contributed by atoms with Gasteiger partial charge in [-0.15, -0.1) is 0 Å². The second kappa shape index (κ2) is 8.79. The zero-order valence-electron chi connectivity index (χ0n) is 13.9. The molecule has 0 aliphatic heterocycles. The smallest absolute Gasteiger partial charge is 0.191 e. The molecule has 0 heterocycles. The Balaban J connectivity index is 1.69. The number of nitrogens with one attached hydrogen (secondary N) is 2. The Kier molecular flexibility index (Phi) is 6.72. The maximum atomic E-state index is 5.34. The van der Waals surface area contributed by atoms with Crippen LogP contribution in [0.3, 0.4) is 0 Å². The van der Waals surface area contributed by atoms with E-state index in [2.05, 4.69) is 46.0 Å². The maximum absolute atomic E-state index is 5.34. The monoisotopic (exact) mass is 303 g/mol. The molecule has 0 unspecified atom stereocenters. The number of rotatable bonds is 9. The summed E-state index contributed by atoms with van der Waals surface area (Å²) in [5.74, 6) is 0.901. The molecule has 4 heteroatoms. The molecule has 2 rings (SSSR count). The summed E-state index contributed by atoms with van der Waals surface area (Å²) in [5.41, 5.74) is 1.75. The first kappa shape index (κ1) is 16.8. The summed E-state index contributed by atoms with van der Waals surface area (Å²) in [5, 5.41) is 6.86. The van der Waals surface area contributed by atoms with Gasteiger partial charge in [-0.05, 0) is 38.2 Å². The molecule has 0 bridgehead atoms. The molecular weight excluding hydrogens is 274 g/mol. The molecule has 1 saturated carbocycles. The summed E-state index contributed by atoms with van der Waals surface area (Å²) in [6, 6.07) is 10.8. The summed E-state index contributed by atoms with van der Waals surface area (Å²) in [6.07, 6.45) is 4.71. The molecular formula is C18H29N3O. The van der Waals surface area contributed by atoms with Gasteiger partial charge in [0.2, 0.25) is 0 Å². The van der Waals surface area contributed by atoms with Crippen LogP contribution in [0.25, 0.3) is 0 Å². The molecule has 1 aliphatic carbocycles. The number of hydrogen-bond acceptors (Lipinski definition) is 2. The van der Waals surface area contributed by atoms with Gasteiger partial charge in [0.25, 0.3) is 0 Å². The molecule has 2 N–H and O–H groups in total. The Bertz CT molecular complexity index is 455. The van der Waals surface area contributed by atoms with Gasteiger partial charge in [-0.1, -0.05) is 30.3 Å². The van der Waals surface area contributed by atoms with Crippen LogP contribution >= 0.6 is 0 Å². The quantitative estimate of drug-likeness (QED) is 0.419. The number of hydrogen-bond donors (Lipinski definition) is 2. The van der Waals surface area contributed by atoms with E-state index in [9.17, 15) is 0 Å². The fourth-order valence-electron chi connectivity index (χ4n) is 2.66. The third kappa shape index (κ3) is 5.02. The molecule has 0 atom stereocenters. The lowest BCUT2D eigenvalue weighted by atomic mass is 9.96. The number of unbranched alkanes of at least 4 members (excludes halogenated alkanes) is 1. The van der Waals surface area contributed by atoms with Gasteiger partial charge in [0.05, 0.1) is 0 Å². The van der Waals surface area contributed by atoms with Crippen LogP contribution in [-0.4, -0.2) is 39.3 Å². The normalized spacial score (nSPS) is 16.4. The Hall–Kier alpha value is -1.55. The Labute approximate surface area is 134 Å². The van der Waals surface area contributed by atoms with Crippen molar-refractivity contribution in [2.24, 2.45) is 4.99 Å². The lowest BCUT2D eigenvalue weighted by molar-refractivity contribution is 0.143. The average Bonchev–Trinajstić information content (AvgIpc) is 3.35. The van der Waals surface area contributed by atoms with Crippen molar-refractivity contribution in [3.8, 4) is 0 Å². The maximum Gasteiger partial charge on any atom is 0.191 e. The number of nitrogens with zero attached hydrogens (tertiary/aromatic N) is 1. The van der Waals surface area contributed by atoms with E-state index in [4.69, 9.17) is 4.74 Å². The van der Waals surface area contributed by atoms with Crippen molar-refractivity contribution in [1.29, 1.82) is 0 Å². The van der Waals surface area contributed by atoms with E-state index < -0.39 is 0 Å². The highest BCUT2D eigenvalue weighted by Gasteiger charge is 2.43. The van der Waals surface area contributed by atoms with Gasteiger partial charge in [-0.2, -0.15) is 0 Å². The Morgan fingerprint density at radius 3 is 2.59 bits per heavy atom. The van der Waals surface area contributed by atoms with Crippen molar-refractivity contribution >= 4 is 5.96 Å². The van der Waals surface area contributed by atoms with E-state index in [-0.39, 0.29) is 0 Å². The minimum absolute atomic E-state index is 0.313. The van der Waals surface area contributed by atoms with E-state index in [1.807, 2.05) is 14.0 Å². The summed E-state index contributed by atoms with van der Waals surface area (Å²) in [4.78, 5) is 4.31. The van der Waals surface area contributed by atoms with E-state index >= 15 is 0 Å². The van der Waals surface area contributed by atoms with Crippen LogP contribution in [0, 0.1) is 0 Å². The summed E-state index contributed by atoms with van der Waals surface area (Å²) in [7, 11) is 1.83. The molecule has 1 aromatic rings. The van der Waals surface area contributed by atoms with E-state index in [0.29, 0.717) is 5.41 Å². The Morgan fingerprint density at radius 1 is 1.18 bits per heavy atom. The zero-order chi connectivity index (χ0) is 15.7.